The fourth-order valence-electron chi connectivity index (χ4n) is 3.16. The minimum atomic E-state index is 0.826. The van der Waals surface area contributed by atoms with Crippen LogP contribution in [0, 0.1) is 5.92 Å². The molecule has 4 heteroatoms. The van der Waals surface area contributed by atoms with E-state index in [2.05, 4.69) is 21.9 Å². The van der Waals surface area contributed by atoms with Gasteiger partial charge >= 0.3 is 0 Å². The normalized spacial score (nSPS) is 22.1. The Hall–Kier alpha value is -0.770. The summed E-state index contributed by atoms with van der Waals surface area (Å²) in [7, 11) is 0. The van der Waals surface area contributed by atoms with Crippen molar-refractivity contribution in [2.24, 2.45) is 5.92 Å². The molecule has 1 aromatic rings. The third-order valence-corrected chi connectivity index (χ3v) is 4.64. The molecule has 0 aliphatic carbocycles. The number of halogens is 1. The first-order chi connectivity index (χ1) is 9.81. The van der Waals surface area contributed by atoms with Gasteiger partial charge in [-0.15, -0.1) is 0 Å². The van der Waals surface area contributed by atoms with Crippen LogP contribution in [0.25, 0.3) is 0 Å². The van der Waals surface area contributed by atoms with Crippen molar-refractivity contribution in [3.63, 3.8) is 0 Å². The van der Waals surface area contributed by atoms with Gasteiger partial charge in [-0.05, 0) is 37.0 Å². The molecule has 2 fully saturated rings. The highest BCUT2D eigenvalue weighted by molar-refractivity contribution is 6.30. The van der Waals surface area contributed by atoms with Gasteiger partial charge in [-0.1, -0.05) is 17.7 Å². The first-order valence-electron chi connectivity index (χ1n) is 7.62. The van der Waals surface area contributed by atoms with Crippen LogP contribution in [0.2, 0.25) is 5.02 Å². The van der Waals surface area contributed by atoms with Gasteiger partial charge in [-0.2, -0.15) is 0 Å². The van der Waals surface area contributed by atoms with Crippen LogP contribution in [0.15, 0.2) is 24.3 Å². The molecule has 0 unspecified atom stereocenters. The largest absolute Gasteiger partial charge is 0.381 e. The summed E-state index contributed by atoms with van der Waals surface area (Å²) in [5, 5.41) is 0.826. The Balaban J connectivity index is 1.49. The molecular weight excluding hydrogens is 272 g/mol. The predicted octanol–water partition coefficient (Wildman–Crippen LogP) is 2.89. The summed E-state index contributed by atoms with van der Waals surface area (Å²) in [4.78, 5) is 5.05. The van der Waals surface area contributed by atoms with Crippen LogP contribution < -0.4 is 4.90 Å². The van der Waals surface area contributed by atoms with Crippen LogP contribution in [-0.4, -0.2) is 50.8 Å². The van der Waals surface area contributed by atoms with Crippen molar-refractivity contribution in [3.05, 3.63) is 29.3 Å². The molecular formula is C16H23ClN2O. The summed E-state index contributed by atoms with van der Waals surface area (Å²) in [6.07, 6.45) is 2.46. The van der Waals surface area contributed by atoms with Gasteiger partial charge in [-0.25, -0.2) is 0 Å². The standard InChI is InChI=1S/C16H23ClN2O/c17-15-2-1-3-16(12-15)19-8-6-18(7-9-19)13-14-4-10-20-11-5-14/h1-3,12,14H,4-11,13H2. The fraction of sp³-hybridized carbons (Fsp3) is 0.625. The Morgan fingerprint density at radius 2 is 1.85 bits per heavy atom. The number of nitrogens with zero attached hydrogens (tertiary/aromatic N) is 2. The van der Waals surface area contributed by atoms with Gasteiger partial charge in [-0.3, -0.25) is 4.90 Å². The molecule has 2 heterocycles. The molecule has 0 atom stereocenters. The van der Waals surface area contributed by atoms with Gasteiger partial charge in [0, 0.05) is 56.6 Å². The van der Waals surface area contributed by atoms with E-state index in [-0.39, 0.29) is 0 Å². The van der Waals surface area contributed by atoms with Gasteiger partial charge in [0.25, 0.3) is 0 Å². The molecule has 0 amide bonds. The highest BCUT2D eigenvalue weighted by Crippen LogP contribution is 2.22. The van der Waals surface area contributed by atoms with Gasteiger partial charge in [0.1, 0.15) is 0 Å². The molecule has 110 valence electrons. The van der Waals surface area contributed by atoms with E-state index in [1.165, 1.54) is 25.1 Å². The van der Waals surface area contributed by atoms with Crippen LogP contribution in [-0.2, 0) is 4.74 Å². The number of hydrogen-bond donors (Lipinski definition) is 0. The molecule has 2 aliphatic rings. The maximum absolute atomic E-state index is 6.07. The summed E-state index contributed by atoms with van der Waals surface area (Å²) < 4.78 is 5.44. The summed E-state index contributed by atoms with van der Waals surface area (Å²) in [5.41, 5.74) is 1.25. The van der Waals surface area contributed by atoms with Crippen molar-refractivity contribution in [2.75, 3.05) is 50.8 Å². The Kier molecular flexibility index (Phi) is 4.81. The highest BCUT2D eigenvalue weighted by Gasteiger charge is 2.21. The SMILES string of the molecule is Clc1cccc(N2CCN(CC3CCOCC3)CC2)c1. The third-order valence-electron chi connectivity index (χ3n) is 4.40. The molecule has 0 radical (unpaired) electrons. The van der Waals surface area contributed by atoms with Crippen molar-refractivity contribution in [3.8, 4) is 0 Å². The van der Waals surface area contributed by atoms with Gasteiger partial charge < -0.3 is 9.64 Å². The van der Waals surface area contributed by atoms with Crippen molar-refractivity contribution >= 4 is 17.3 Å². The van der Waals surface area contributed by atoms with E-state index in [1.807, 2.05) is 12.1 Å². The van der Waals surface area contributed by atoms with Crippen LogP contribution in [0.3, 0.4) is 0 Å². The quantitative estimate of drug-likeness (QED) is 0.852. The Labute approximate surface area is 126 Å². The molecule has 2 saturated heterocycles. The lowest BCUT2D eigenvalue weighted by Gasteiger charge is -2.38. The van der Waals surface area contributed by atoms with Gasteiger partial charge in [0.05, 0.1) is 0 Å². The van der Waals surface area contributed by atoms with Crippen LogP contribution in [0.5, 0.6) is 0 Å². The summed E-state index contributed by atoms with van der Waals surface area (Å²) >= 11 is 6.07. The number of anilines is 1. The number of hydrogen-bond acceptors (Lipinski definition) is 3. The molecule has 3 rings (SSSR count). The third kappa shape index (κ3) is 3.66. The van der Waals surface area contributed by atoms with E-state index in [0.29, 0.717) is 0 Å². The van der Waals surface area contributed by atoms with E-state index in [9.17, 15) is 0 Å². The Morgan fingerprint density at radius 3 is 2.55 bits per heavy atom. The summed E-state index contributed by atoms with van der Waals surface area (Å²) in [6, 6.07) is 8.19. The van der Waals surface area contributed by atoms with E-state index in [4.69, 9.17) is 16.3 Å². The van der Waals surface area contributed by atoms with E-state index < -0.39 is 0 Å². The topological polar surface area (TPSA) is 15.7 Å². The second-order valence-electron chi connectivity index (χ2n) is 5.82. The molecule has 0 aromatic heterocycles. The van der Waals surface area contributed by atoms with E-state index >= 15 is 0 Å². The maximum atomic E-state index is 6.07. The first kappa shape index (κ1) is 14.2. The zero-order valence-electron chi connectivity index (χ0n) is 11.9. The van der Waals surface area contributed by atoms with Crippen LogP contribution >= 0.6 is 11.6 Å². The smallest absolute Gasteiger partial charge is 0.0469 e. The van der Waals surface area contributed by atoms with Crippen molar-refractivity contribution in [1.29, 1.82) is 0 Å². The van der Waals surface area contributed by atoms with Crippen molar-refractivity contribution in [1.82, 2.24) is 4.90 Å². The Morgan fingerprint density at radius 1 is 1.10 bits per heavy atom. The second-order valence-corrected chi connectivity index (χ2v) is 6.26. The molecule has 0 saturated carbocycles. The molecule has 0 bridgehead atoms. The maximum Gasteiger partial charge on any atom is 0.0469 e. The van der Waals surface area contributed by atoms with Crippen LogP contribution in [0.4, 0.5) is 5.69 Å². The zero-order chi connectivity index (χ0) is 13.8. The second kappa shape index (κ2) is 6.79. The summed E-state index contributed by atoms with van der Waals surface area (Å²) in [6.45, 7) is 7.66. The minimum Gasteiger partial charge on any atom is -0.381 e. The van der Waals surface area contributed by atoms with Crippen LogP contribution in [0.1, 0.15) is 12.8 Å². The highest BCUT2D eigenvalue weighted by atomic mass is 35.5. The molecule has 0 N–H and O–H groups in total. The number of rotatable bonds is 3. The lowest BCUT2D eigenvalue weighted by Crippen LogP contribution is -2.48. The number of ether oxygens (including phenoxy) is 1. The molecule has 0 spiro atoms. The molecule has 2 aliphatic heterocycles. The average molecular weight is 295 g/mol. The van der Waals surface area contributed by atoms with Crippen molar-refractivity contribution < 1.29 is 4.74 Å². The summed E-state index contributed by atoms with van der Waals surface area (Å²) in [5.74, 6) is 0.835. The lowest BCUT2D eigenvalue weighted by atomic mass is 9.99. The average Bonchev–Trinajstić information content (AvgIpc) is 2.49. The molecule has 20 heavy (non-hydrogen) atoms. The number of piperazine rings is 1. The van der Waals surface area contributed by atoms with E-state index in [1.54, 1.807) is 0 Å². The predicted molar refractivity (Wildman–Crippen MR) is 83.6 cm³/mol. The zero-order valence-corrected chi connectivity index (χ0v) is 12.7. The van der Waals surface area contributed by atoms with Crippen molar-refractivity contribution in [2.45, 2.75) is 12.8 Å². The number of benzene rings is 1. The lowest BCUT2D eigenvalue weighted by molar-refractivity contribution is 0.0517. The fourth-order valence-corrected chi connectivity index (χ4v) is 3.34. The first-order valence-corrected chi connectivity index (χ1v) is 8.00. The molecule has 3 nitrogen and oxygen atoms in total. The van der Waals surface area contributed by atoms with Gasteiger partial charge in [0.15, 0.2) is 0 Å². The monoisotopic (exact) mass is 294 g/mol. The minimum absolute atomic E-state index is 0.826. The Bertz CT molecular complexity index is 426. The van der Waals surface area contributed by atoms with Gasteiger partial charge in [0.2, 0.25) is 0 Å². The van der Waals surface area contributed by atoms with E-state index in [0.717, 1.165) is 50.3 Å². The molecule has 1 aromatic carbocycles.